The summed E-state index contributed by atoms with van der Waals surface area (Å²) in [7, 11) is 4.37. The Kier molecular flexibility index (Phi) is 5.17. The second-order valence-corrected chi connectivity index (χ2v) is 6.58. The zero-order valence-corrected chi connectivity index (χ0v) is 13.3. The number of nitrogens with zero attached hydrogens (tertiary/aromatic N) is 2. The molecule has 4 nitrogen and oxygen atoms in total. The molecule has 1 aliphatic rings. The zero-order valence-electron chi connectivity index (χ0n) is 10.9. The monoisotopic (exact) mass is 332 g/mol. The molecule has 18 heavy (non-hydrogen) atoms. The van der Waals surface area contributed by atoms with E-state index in [1.165, 1.54) is 12.0 Å². The Morgan fingerprint density at radius 3 is 2.83 bits per heavy atom. The highest BCUT2D eigenvalue weighted by atomic mass is 79.9. The molecule has 2 rings (SSSR count). The first-order valence-corrected chi connectivity index (χ1v) is 7.93. The summed E-state index contributed by atoms with van der Waals surface area (Å²) in [6, 6.07) is 0.560. The van der Waals surface area contributed by atoms with Gasteiger partial charge in [-0.2, -0.15) is 11.3 Å². The number of thiophene rings is 1. The fourth-order valence-corrected chi connectivity index (χ4v) is 4.17. The van der Waals surface area contributed by atoms with Crippen LogP contribution in [0.3, 0.4) is 0 Å². The van der Waals surface area contributed by atoms with Crippen LogP contribution in [0.4, 0.5) is 0 Å². The van der Waals surface area contributed by atoms with Crippen LogP contribution in [0, 0.1) is 0 Å². The lowest BCUT2D eigenvalue weighted by molar-refractivity contribution is 0.178. The molecule has 0 bridgehead atoms. The first kappa shape index (κ1) is 14.4. The Balaban J connectivity index is 2.22. The quantitative estimate of drug-likeness (QED) is 0.652. The van der Waals surface area contributed by atoms with Gasteiger partial charge in [-0.1, -0.05) is 0 Å². The predicted molar refractivity (Wildman–Crippen MR) is 80.6 cm³/mol. The van der Waals surface area contributed by atoms with E-state index in [0.717, 1.165) is 24.1 Å². The van der Waals surface area contributed by atoms with E-state index in [1.54, 1.807) is 11.3 Å². The van der Waals surface area contributed by atoms with Crippen molar-refractivity contribution in [1.82, 2.24) is 15.2 Å². The molecule has 6 heteroatoms. The second-order valence-electron chi connectivity index (χ2n) is 4.98. The SMILES string of the molecule is CN1CCCN(C)C(C(NN)c2cscc2Br)C1. The minimum atomic E-state index is 0.163. The van der Waals surface area contributed by atoms with Gasteiger partial charge in [-0.25, -0.2) is 0 Å². The Morgan fingerprint density at radius 2 is 2.22 bits per heavy atom. The maximum atomic E-state index is 5.81. The van der Waals surface area contributed by atoms with Crippen molar-refractivity contribution in [3.8, 4) is 0 Å². The van der Waals surface area contributed by atoms with E-state index >= 15 is 0 Å². The van der Waals surface area contributed by atoms with Gasteiger partial charge in [-0.15, -0.1) is 0 Å². The van der Waals surface area contributed by atoms with Gasteiger partial charge in [0, 0.05) is 22.4 Å². The van der Waals surface area contributed by atoms with Gasteiger partial charge in [-0.3, -0.25) is 11.3 Å². The summed E-state index contributed by atoms with van der Waals surface area (Å²) in [5, 5.41) is 4.29. The number of nitrogens with one attached hydrogen (secondary N) is 1. The van der Waals surface area contributed by atoms with Crippen LogP contribution in [0.5, 0.6) is 0 Å². The molecular formula is C12H21BrN4S. The lowest BCUT2D eigenvalue weighted by Crippen LogP contribution is -2.48. The predicted octanol–water partition coefficient (Wildman–Crippen LogP) is 1.65. The fourth-order valence-electron chi connectivity index (χ4n) is 2.59. The molecule has 2 atom stereocenters. The van der Waals surface area contributed by atoms with E-state index in [9.17, 15) is 0 Å². The third-order valence-electron chi connectivity index (χ3n) is 3.66. The number of likely N-dealkylation sites (N-methyl/N-ethyl adjacent to an activating group) is 2. The average Bonchev–Trinajstić information content (AvgIpc) is 2.67. The van der Waals surface area contributed by atoms with Crippen molar-refractivity contribution in [2.45, 2.75) is 18.5 Å². The summed E-state index contributed by atoms with van der Waals surface area (Å²) >= 11 is 5.32. The number of hydrogen-bond acceptors (Lipinski definition) is 5. The molecule has 2 heterocycles. The van der Waals surface area contributed by atoms with Gasteiger partial charge in [0.15, 0.2) is 0 Å². The summed E-state index contributed by atoms with van der Waals surface area (Å²) in [4.78, 5) is 4.80. The number of nitrogens with two attached hydrogens (primary N) is 1. The Labute approximate surface area is 121 Å². The van der Waals surface area contributed by atoms with E-state index in [1.807, 2.05) is 0 Å². The van der Waals surface area contributed by atoms with Gasteiger partial charge >= 0.3 is 0 Å². The molecule has 1 saturated heterocycles. The summed E-state index contributed by atoms with van der Waals surface area (Å²) in [6.45, 7) is 3.31. The van der Waals surface area contributed by atoms with Gasteiger partial charge < -0.3 is 9.80 Å². The molecule has 0 saturated carbocycles. The Morgan fingerprint density at radius 1 is 1.44 bits per heavy atom. The highest BCUT2D eigenvalue weighted by Gasteiger charge is 2.30. The standard InChI is InChI=1S/C12H21BrN4S/c1-16-4-3-5-17(2)11(6-16)12(15-14)9-7-18-8-10(9)13/h7-8,11-12,15H,3-6,14H2,1-2H3. The molecule has 3 N–H and O–H groups in total. The summed E-state index contributed by atoms with van der Waals surface area (Å²) in [5.74, 6) is 5.81. The van der Waals surface area contributed by atoms with Gasteiger partial charge in [0.2, 0.25) is 0 Å². The van der Waals surface area contributed by atoms with Crippen LogP contribution in [0.2, 0.25) is 0 Å². The maximum Gasteiger partial charge on any atom is 0.0646 e. The molecule has 0 aromatic carbocycles. The summed E-state index contributed by atoms with van der Waals surface area (Å²) < 4.78 is 1.15. The number of rotatable bonds is 3. The lowest BCUT2D eigenvalue weighted by atomic mass is 10.0. The molecule has 2 unspecified atom stereocenters. The Hall–Kier alpha value is 0.0200. The fraction of sp³-hybridized carbons (Fsp3) is 0.667. The summed E-state index contributed by atoms with van der Waals surface area (Å²) in [5.41, 5.74) is 4.26. The highest BCUT2D eigenvalue weighted by Crippen LogP contribution is 2.31. The van der Waals surface area contributed by atoms with Crippen molar-refractivity contribution in [3.05, 3.63) is 20.8 Å². The second kappa shape index (κ2) is 6.45. The topological polar surface area (TPSA) is 44.5 Å². The van der Waals surface area contributed by atoms with E-state index in [2.05, 4.69) is 56.0 Å². The van der Waals surface area contributed by atoms with Crippen LogP contribution in [0.15, 0.2) is 15.2 Å². The number of hydrazine groups is 1. The minimum Gasteiger partial charge on any atom is -0.305 e. The van der Waals surface area contributed by atoms with Crippen molar-refractivity contribution < 1.29 is 0 Å². The third-order valence-corrected chi connectivity index (χ3v) is 5.41. The zero-order chi connectivity index (χ0) is 13.1. The molecule has 0 spiro atoms. The molecule has 0 amide bonds. The Bertz CT molecular complexity index is 384. The van der Waals surface area contributed by atoms with Crippen LogP contribution < -0.4 is 11.3 Å². The first-order chi connectivity index (χ1) is 8.63. The molecule has 1 aliphatic heterocycles. The van der Waals surface area contributed by atoms with Crippen LogP contribution in [0.25, 0.3) is 0 Å². The minimum absolute atomic E-state index is 0.163. The largest absolute Gasteiger partial charge is 0.305 e. The van der Waals surface area contributed by atoms with Gasteiger partial charge in [0.1, 0.15) is 0 Å². The van der Waals surface area contributed by atoms with E-state index in [4.69, 9.17) is 5.84 Å². The van der Waals surface area contributed by atoms with Crippen LogP contribution >= 0.6 is 27.3 Å². The molecule has 1 aromatic rings. The number of hydrogen-bond donors (Lipinski definition) is 2. The normalized spacial score (nSPS) is 25.0. The van der Waals surface area contributed by atoms with Crippen molar-refractivity contribution in [3.63, 3.8) is 0 Å². The van der Waals surface area contributed by atoms with Gasteiger partial charge in [0.25, 0.3) is 0 Å². The van der Waals surface area contributed by atoms with E-state index in [-0.39, 0.29) is 6.04 Å². The number of halogens is 1. The highest BCUT2D eigenvalue weighted by molar-refractivity contribution is 9.10. The lowest BCUT2D eigenvalue weighted by Gasteiger charge is -2.34. The molecule has 102 valence electrons. The molecule has 0 radical (unpaired) electrons. The van der Waals surface area contributed by atoms with Crippen LogP contribution in [-0.4, -0.2) is 49.6 Å². The van der Waals surface area contributed by atoms with E-state index < -0.39 is 0 Å². The average molecular weight is 333 g/mol. The molecule has 1 fully saturated rings. The summed E-state index contributed by atoms with van der Waals surface area (Å²) in [6.07, 6.45) is 1.21. The van der Waals surface area contributed by atoms with Gasteiger partial charge in [0.05, 0.1) is 6.04 Å². The van der Waals surface area contributed by atoms with Crippen LogP contribution in [0.1, 0.15) is 18.0 Å². The van der Waals surface area contributed by atoms with Crippen molar-refractivity contribution in [1.29, 1.82) is 0 Å². The van der Waals surface area contributed by atoms with Crippen molar-refractivity contribution in [2.75, 3.05) is 33.7 Å². The third kappa shape index (κ3) is 3.12. The van der Waals surface area contributed by atoms with Gasteiger partial charge in [-0.05, 0) is 60.5 Å². The smallest absolute Gasteiger partial charge is 0.0646 e. The van der Waals surface area contributed by atoms with Crippen molar-refractivity contribution >= 4 is 27.3 Å². The van der Waals surface area contributed by atoms with E-state index in [0.29, 0.717) is 6.04 Å². The van der Waals surface area contributed by atoms with Crippen LogP contribution in [-0.2, 0) is 0 Å². The first-order valence-electron chi connectivity index (χ1n) is 6.20. The maximum absolute atomic E-state index is 5.81. The molecule has 1 aromatic heterocycles. The molecule has 0 aliphatic carbocycles. The van der Waals surface area contributed by atoms with Crippen molar-refractivity contribution in [2.24, 2.45) is 5.84 Å². The molecular weight excluding hydrogens is 312 g/mol.